The van der Waals surface area contributed by atoms with E-state index in [1.54, 1.807) is 12.1 Å². The van der Waals surface area contributed by atoms with Crippen LogP contribution in [0.25, 0.3) is 11.1 Å². The van der Waals surface area contributed by atoms with Gasteiger partial charge in [-0.1, -0.05) is 87.2 Å². The monoisotopic (exact) mass is 426 g/mol. The third kappa shape index (κ3) is 5.88. The Hall–Kier alpha value is -2.87. The van der Waals surface area contributed by atoms with E-state index in [1.807, 2.05) is 42.5 Å². The summed E-state index contributed by atoms with van der Waals surface area (Å²) < 4.78 is 5.42. The highest BCUT2D eigenvalue weighted by atomic mass is 16.5. The molecule has 1 aliphatic carbocycles. The van der Waals surface area contributed by atoms with E-state index in [9.17, 15) is 4.79 Å². The number of benzene rings is 3. The second-order valence-electron chi connectivity index (χ2n) is 9.12. The van der Waals surface area contributed by atoms with Gasteiger partial charge in [0.25, 0.3) is 0 Å². The molecule has 0 spiro atoms. The number of esters is 1. The van der Waals surface area contributed by atoms with E-state index in [0.29, 0.717) is 17.2 Å². The summed E-state index contributed by atoms with van der Waals surface area (Å²) in [7, 11) is 0. The van der Waals surface area contributed by atoms with Gasteiger partial charge in [0.1, 0.15) is 5.75 Å². The third-order valence-corrected chi connectivity index (χ3v) is 6.85. The summed E-state index contributed by atoms with van der Waals surface area (Å²) in [5.74, 6) is 1.89. The molecule has 166 valence electrons. The Morgan fingerprint density at radius 1 is 0.781 bits per heavy atom. The Kier molecular flexibility index (Phi) is 7.77. The van der Waals surface area contributed by atoms with Crippen molar-refractivity contribution in [3.63, 3.8) is 0 Å². The SMILES string of the molecule is CCCCCC1CCC(c2ccc(-c3ccc(C(=O)Oc4ccccc4)cc3)cc2)CC1. The lowest BCUT2D eigenvalue weighted by molar-refractivity contribution is 0.0735. The molecule has 2 heteroatoms. The van der Waals surface area contributed by atoms with E-state index in [-0.39, 0.29) is 5.97 Å². The second kappa shape index (κ2) is 11.1. The minimum atomic E-state index is -0.330. The van der Waals surface area contributed by atoms with Gasteiger partial charge in [-0.3, -0.25) is 0 Å². The molecule has 3 aromatic rings. The molecule has 0 N–H and O–H groups in total. The first kappa shape index (κ1) is 22.3. The summed E-state index contributed by atoms with van der Waals surface area (Å²) >= 11 is 0. The van der Waals surface area contributed by atoms with Crippen LogP contribution in [0.2, 0.25) is 0 Å². The molecule has 32 heavy (non-hydrogen) atoms. The molecule has 0 aromatic heterocycles. The molecule has 0 aliphatic heterocycles. The van der Waals surface area contributed by atoms with E-state index in [1.165, 1.54) is 62.5 Å². The molecular weight excluding hydrogens is 392 g/mol. The van der Waals surface area contributed by atoms with Gasteiger partial charge >= 0.3 is 5.97 Å². The van der Waals surface area contributed by atoms with Crippen molar-refractivity contribution in [2.45, 2.75) is 64.2 Å². The van der Waals surface area contributed by atoms with Crippen molar-refractivity contribution in [1.82, 2.24) is 0 Å². The van der Waals surface area contributed by atoms with E-state index in [2.05, 4.69) is 31.2 Å². The zero-order chi connectivity index (χ0) is 22.2. The Morgan fingerprint density at radius 2 is 1.41 bits per heavy atom. The average Bonchev–Trinajstić information content (AvgIpc) is 2.85. The zero-order valence-electron chi connectivity index (χ0n) is 19.1. The third-order valence-electron chi connectivity index (χ3n) is 6.85. The van der Waals surface area contributed by atoms with Crippen molar-refractivity contribution in [3.05, 3.63) is 90.0 Å². The van der Waals surface area contributed by atoms with E-state index in [0.717, 1.165) is 11.5 Å². The number of hydrogen-bond donors (Lipinski definition) is 0. The van der Waals surface area contributed by atoms with Crippen LogP contribution in [0.5, 0.6) is 5.75 Å². The van der Waals surface area contributed by atoms with Crippen LogP contribution in [0, 0.1) is 5.92 Å². The summed E-state index contributed by atoms with van der Waals surface area (Å²) in [5, 5.41) is 0. The van der Waals surface area contributed by atoms with Crippen molar-refractivity contribution in [2.75, 3.05) is 0 Å². The first-order chi connectivity index (χ1) is 15.7. The summed E-state index contributed by atoms with van der Waals surface area (Å²) in [4.78, 5) is 12.4. The minimum absolute atomic E-state index is 0.330. The van der Waals surface area contributed by atoms with Gasteiger partial charge < -0.3 is 4.74 Å². The fourth-order valence-electron chi connectivity index (χ4n) is 4.87. The standard InChI is InChI=1S/C30H34O2/c1-2-3-5-8-23-11-13-24(14-12-23)25-15-17-26(18-16-25)27-19-21-28(22-20-27)30(31)32-29-9-6-4-7-10-29/h4,6-7,9-10,15-24H,2-3,5,8,11-14H2,1H3. The van der Waals surface area contributed by atoms with E-state index < -0.39 is 0 Å². The molecule has 0 unspecified atom stereocenters. The van der Waals surface area contributed by atoms with Gasteiger partial charge in [-0.2, -0.15) is 0 Å². The highest BCUT2D eigenvalue weighted by Crippen LogP contribution is 2.38. The number of carbonyl (C=O) groups excluding carboxylic acids is 1. The number of para-hydroxylation sites is 1. The maximum Gasteiger partial charge on any atom is 0.343 e. The molecule has 0 atom stereocenters. The normalized spacial score (nSPS) is 18.3. The molecule has 3 aromatic carbocycles. The Morgan fingerprint density at radius 3 is 2.03 bits per heavy atom. The summed E-state index contributed by atoms with van der Waals surface area (Å²) in [5.41, 5.74) is 4.34. The van der Waals surface area contributed by atoms with Gasteiger partial charge in [0, 0.05) is 0 Å². The lowest BCUT2D eigenvalue weighted by Gasteiger charge is -2.29. The Bertz CT molecular complexity index is 966. The van der Waals surface area contributed by atoms with Crippen LogP contribution in [0.15, 0.2) is 78.9 Å². The minimum Gasteiger partial charge on any atom is -0.423 e. The molecule has 0 amide bonds. The summed E-state index contributed by atoms with van der Waals surface area (Å²) in [6.45, 7) is 2.29. The maximum absolute atomic E-state index is 12.4. The molecule has 1 saturated carbocycles. The van der Waals surface area contributed by atoms with Crippen molar-refractivity contribution in [2.24, 2.45) is 5.92 Å². The lowest BCUT2D eigenvalue weighted by atomic mass is 9.77. The zero-order valence-corrected chi connectivity index (χ0v) is 19.1. The number of unbranched alkanes of at least 4 members (excludes halogenated alkanes) is 2. The first-order valence-corrected chi connectivity index (χ1v) is 12.2. The van der Waals surface area contributed by atoms with Crippen LogP contribution in [0.3, 0.4) is 0 Å². The fourth-order valence-corrected chi connectivity index (χ4v) is 4.87. The van der Waals surface area contributed by atoms with Crippen molar-refractivity contribution in [1.29, 1.82) is 0 Å². The first-order valence-electron chi connectivity index (χ1n) is 12.2. The Balaban J connectivity index is 1.32. The van der Waals surface area contributed by atoms with Crippen molar-refractivity contribution < 1.29 is 9.53 Å². The molecule has 0 bridgehead atoms. The van der Waals surface area contributed by atoms with Gasteiger partial charge in [0.2, 0.25) is 0 Å². The van der Waals surface area contributed by atoms with Gasteiger partial charge in [-0.25, -0.2) is 4.79 Å². The molecule has 1 fully saturated rings. The summed E-state index contributed by atoms with van der Waals surface area (Å²) in [6, 6.07) is 25.9. The Labute approximate surface area is 192 Å². The number of carbonyl (C=O) groups is 1. The van der Waals surface area contributed by atoms with Crippen LogP contribution in [-0.4, -0.2) is 5.97 Å². The van der Waals surface area contributed by atoms with Crippen molar-refractivity contribution in [3.8, 4) is 16.9 Å². The number of ether oxygens (including phenoxy) is 1. The average molecular weight is 427 g/mol. The number of rotatable bonds is 8. The lowest BCUT2D eigenvalue weighted by Crippen LogP contribution is -2.13. The van der Waals surface area contributed by atoms with Crippen LogP contribution in [-0.2, 0) is 0 Å². The van der Waals surface area contributed by atoms with Crippen LogP contribution in [0.4, 0.5) is 0 Å². The molecule has 0 saturated heterocycles. The van der Waals surface area contributed by atoms with Gasteiger partial charge in [0.15, 0.2) is 0 Å². The van der Waals surface area contributed by atoms with Crippen LogP contribution < -0.4 is 4.74 Å². The molecule has 4 rings (SSSR count). The fraction of sp³-hybridized carbons (Fsp3) is 0.367. The van der Waals surface area contributed by atoms with Crippen LogP contribution in [0.1, 0.15) is 80.1 Å². The van der Waals surface area contributed by atoms with Gasteiger partial charge in [-0.05, 0) is 78.5 Å². The quantitative estimate of drug-likeness (QED) is 0.205. The largest absolute Gasteiger partial charge is 0.423 e. The van der Waals surface area contributed by atoms with Crippen LogP contribution >= 0.6 is 0 Å². The van der Waals surface area contributed by atoms with Gasteiger partial charge in [0.05, 0.1) is 5.56 Å². The topological polar surface area (TPSA) is 26.3 Å². The van der Waals surface area contributed by atoms with Gasteiger partial charge in [-0.15, -0.1) is 0 Å². The van der Waals surface area contributed by atoms with E-state index >= 15 is 0 Å². The molecule has 0 radical (unpaired) electrons. The maximum atomic E-state index is 12.4. The highest BCUT2D eigenvalue weighted by molar-refractivity contribution is 5.91. The van der Waals surface area contributed by atoms with Crippen molar-refractivity contribution >= 4 is 5.97 Å². The smallest absolute Gasteiger partial charge is 0.343 e. The highest BCUT2D eigenvalue weighted by Gasteiger charge is 2.22. The predicted molar refractivity (Wildman–Crippen MR) is 132 cm³/mol. The van der Waals surface area contributed by atoms with E-state index in [4.69, 9.17) is 4.74 Å². The molecule has 0 heterocycles. The molecule has 2 nitrogen and oxygen atoms in total. The molecule has 1 aliphatic rings. The number of hydrogen-bond acceptors (Lipinski definition) is 2. The summed E-state index contributed by atoms with van der Waals surface area (Å²) in [6.07, 6.45) is 11.0. The predicted octanol–water partition coefficient (Wildman–Crippen LogP) is 8.43. The molecular formula is C30H34O2. The second-order valence-corrected chi connectivity index (χ2v) is 9.12.